The Morgan fingerprint density at radius 3 is 2.16 bits per heavy atom. The van der Waals surface area contributed by atoms with Crippen molar-refractivity contribution in [2.45, 2.75) is 62.5 Å². The lowest BCUT2D eigenvalue weighted by atomic mass is 9.69. The van der Waals surface area contributed by atoms with Gasteiger partial charge in [0, 0.05) is 69.7 Å². The normalized spacial score (nSPS) is 23.3. The first-order chi connectivity index (χ1) is 27.8. The predicted molar refractivity (Wildman–Crippen MR) is 220 cm³/mol. The van der Waals surface area contributed by atoms with Crippen molar-refractivity contribution in [3.63, 3.8) is 0 Å². The zero-order valence-electron chi connectivity index (χ0n) is 32.4. The smallest absolute Gasteiger partial charge is 0.262 e. The largest absolute Gasteiger partial charge is 0.508 e. The fourth-order valence-electron chi connectivity index (χ4n) is 9.72. The molecule has 0 radical (unpaired) electrons. The van der Waals surface area contributed by atoms with Crippen molar-refractivity contribution in [1.82, 2.24) is 20.0 Å². The van der Waals surface area contributed by atoms with E-state index in [1.54, 1.807) is 6.07 Å². The minimum atomic E-state index is -0.802. The summed E-state index contributed by atoms with van der Waals surface area (Å²) in [6.07, 6.45) is 5.15. The first-order valence-corrected chi connectivity index (χ1v) is 20.6. The summed E-state index contributed by atoms with van der Waals surface area (Å²) in [5.74, 6) is 0.719. The Morgan fingerprint density at radius 1 is 0.702 bits per heavy atom. The number of imide groups is 1. The molecule has 4 heterocycles. The molecule has 3 saturated heterocycles. The zero-order chi connectivity index (χ0) is 39.0. The minimum absolute atomic E-state index is 0.201. The Morgan fingerprint density at radius 2 is 1.42 bits per heavy atom. The number of allylic oxidation sites excluding steroid dienone is 1. The molecule has 2 N–H and O–H groups in total. The van der Waals surface area contributed by atoms with Gasteiger partial charge in [-0.25, -0.2) is 0 Å². The highest BCUT2D eigenvalue weighted by atomic mass is 16.5. The van der Waals surface area contributed by atoms with Crippen LogP contribution in [-0.2, 0) is 11.2 Å². The SMILES string of the molecule is C=C1CCC(N2C(=O)c3ccc(N4CCN(CCN5CCC(Oc6ccc([C@@H]7c8ccc(O)cc8CC[C@@H]7c7ccccc7)cc6)CC5)CC4)cc3C2=O)C(=O)N1. The third-order valence-corrected chi connectivity index (χ3v) is 12.9. The predicted octanol–water partition coefficient (Wildman–Crippen LogP) is 6.31. The van der Waals surface area contributed by atoms with Gasteiger partial charge in [-0.2, -0.15) is 0 Å². The van der Waals surface area contributed by atoms with Gasteiger partial charge in [-0.3, -0.25) is 24.2 Å². The number of hydrogen-bond acceptors (Lipinski definition) is 8. The van der Waals surface area contributed by atoms with Gasteiger partial charge in [-0.05, 0) is 109 Å². The third kappa shape index (κ3) is 7.56. The number of phenolic OH excluding ortho intramolecular Hbond substituents is 1. The first kappa shape index (κ1) is 37.1. The maximum atomic E-state index is 13.4. The molecule has 4 aliphatic heterocycles. The molecule has 5 aliphatic rings. The van der Waals surface area contributed by atoms with Gasteiger partial charge in [0.15, 0.2) is 0 Å². The monoisotopic (exact) mass is 765 g/mol. The van der Waals surface area contributed by atoms with Crippen LogP contribution in [0.4, 0.5) is 5.69 Å². The zero-order valence-corrected chi connectivity index (χ0v) is 32.4. The van der Waals surface area contributed by atoms with Crippen molar-refractivity contribution >= 4 is 23.4 Å². The lowest BCUT2D eigenvalue weighted by Gasteiger charge is -2.38. The van der Waals surface area contributed by atoms with Gasteiger partial charge >= 0.3 is 0 Å². The molecule has 0 bridgehead atoms. The van der Waals surface area contributed by atoms with E-state index < -0.39 is 17.9 Å². The standard InChI is InChI=1S/C47H51N5O5/c1-31-7-18-43(45(54)48-31)52-46(55)41-16-11-35(30-42(41)47(52)56)51-27-25-50(26-28-51)24-23-49-21-19-38(20-22-49)57-37-13-8-33(9-14-37)44-39(32-5-3-2-4-6-32)15-10-34-29-36(53)12-17-40(34)44/h2-6,8-9,11-14,16-17,29-30,38-39,43-44,53H,1,7,10,15,18-28H2,(H,48,54)/t39-,43?,44+/m1/s1. The second kappa shape index (κ2) is 15.8. The van der Waals surface area contributed by atoms with Gasteiger partial charge in [0.1, 0.15) is 23.6 Å². The summed E-state index contributed by atoms with van der Waals surface area (Å²) in [4.78, 5) is 47.6. The van der Waals surface area contributed by atoms with E-state index in [1.165, 1.54) is 22.3 Å². The number of aryl methyl sites for hydroxylation is 1. The number of piperazine rings is 1. The van der Waals surface area contributed by atoms with Crippen LogP contribution >= 0.6 is 0 Å². The molecule has 10 heteroatoms. The summed E-state index contributed by atoms with van der Waals surface area (Å²) in [7, 11) is 0. The van der Waals surface area contributed by atoms with Gasteiger partial charge in [0.25, 0.3) is 11.8 Å². The number of carbonyl (C=O) groups is 3. The summed E-state index contributed by atoms with van der Waals surface area (Å²) < 4.78 is 6.54. The van der Waals surface area contributed by atoms with E-state index in [0.717, 1.165) is 94.4 Å². The lowest BCUT2D eigenvalue weighted by molar-refractivity contribution is -0.125. The molecule has 1 aliphatic carbocycles. The summed E-state index contributed by atoms with van der Waals surface area (Å²) in [6, 6.07) is 30.1. The van der Waals surface area contributed by atoms with Crippen molar-refractivity contribution in [2.75, 3.05) is 57.3 Å². The van der Waals surface area contributed by atoms with Gasteiger partial charge in [0.2, 0.25) is 5.91 Å². The highest BCUT2D eigenvalue weighted by molar-refractivity contribution is 6.23. The summed E-state index contributed by atoms with van der Waals surface area (Å²) in [6.45, 7) is 11.4. The fraction of sp³-hybridized carbons (Fsp3) is 0.383. The number of aromatic hydroxyl groups is 1. The maximum absolute atomic E-state index is 13.4. The van der Waals surface area contributed by atoms with Crippen LogP contribution in [0, 0.1) is 0 Å². The Kier molecular flexibility index (Phi) is 10.3. The molecule has 3 atom stereocenters. The van der Waals surface area contributed by atoms with Crippen molar-refractivity contribution in [1.29, 1.82) is 0 Å². The van der Waals surface area contributed by atoms with E-state index >= 15 is 0 Å². The number of anilines is 1. The first-order valence-electron chi connectivity index (χ1n) is 20.6. The molecule has 0 saturated carbocycles. The van der Waals surface area contributed by atoms with Crippen LogP contribution in [0.2, 0.25) is 0 Å². The Labute approximate surface area is 334 Å². The van der Waals surface area contributed by atoms with Gasteiger partial charge < -0.3 is 25.0 Å². The highest BCUT2D eigenvalue weighted by Gasteiger charge is 2.44. The molecule has 57 heavy (non-hydrogen) atoms. The van der Waals surface area contributed by atoms with Crippen LogP contribution < -0.4 is 15.0 Å². The van der Waals surface area contributed by atoms with Gasteiger partial charge in [-0.15, -0.1) is 0 Å². The topological polar surface area (TPSA) is 106 Å². The number of piperidine rings is 2. The number of hydrogen-bond donors (Lipinski definition) is 2. The van der Waals surface area contributed by atoms with Crippen LogP contribution in [0.25, 0.3) is 0 Å². The number of nitrogens with zero attached hydrogens (tertiary/aromatic N) is 4. The molecule has 3 amide bonds. The van der Waals surface area contributed by atoms with E-state index in [1.807, 2.05) is 24.3 Å². The minimum Gasteiger partial charge on any atom is -0.508 e. The second-order valence-corrected chi connectivity index (χ2v) is 16.3. The molecular weight excluding hydrogens is 715 g/mol. The summed E-state index contributed by atoms with van der Waals surface area (Å²) >= 11 is 0. The number of fused-ring (bicyclic) bond motifs is 2. The third-order valence-electron chi connectivity index (χ3n) is 12.9. The summed E-state index contributed by atoms with van der Waals surface area (Å²) in [5.41, 5.74) is 7.49. The van der Waals surface area contributed by atoms with E-state index in [-0.39, 0.29) is 17.9 Å². The van der Waals surface area contributed by atoms with Crippen LogP contribution in [0.3, 0.4) is 0 Å². The number of carbonyl (C=O) groups excluding carboxylic acids is 3. The van der Waals surface area contributed by atoms with E-state index in [4.69, 9.17) is 4.74 Å². The number of amides is 3. The number of ether oxygens (including phenoxy) is 1. The van der Waals surface area contributed by atoms with Crippen molar-refractivity contribution in [3.05, 3.63) is 137 Å². The van der Waals surface area contributed by atoms with Gasteiger partial charge in [0.05, 0.1) is 11.1 Å². The van der Waals surface area contributed by atoms with E-state index in [0.29, 0.717) is 41.3 Å². The number of benzene rings is 4. The van der Waals surface area contributed by atoms with Crippen LogP contribution in [0.15, 0.2) is 103 Å². The molecular formula is C47H51N5O5. The van der Waals surface area contributed by atoms with Crippen molar-refractivity contribution in [3.8, 4) is 11.5 Å². The summed E-state index contributed by atoms with van der Waals surface area (Å²) in [5, 5.41) is 12.9. The Hall–Kier alpha value is -5.45. The quantitative estimate of drug-likeness (QED) is 0.191. The molecule has 10 nitrogen and oxygen atoms in total. The number of likely N-dealkylation sites (tertiary alicyclic amines) is 1. The molecule has 4 aromatic carbocycles. The molecule has 0 spiro atoms. The van der Waals surface area contributed by atoms with Crippen LogP contribution in [-0.4, -0.2) is 102 Å². The average Bonchev–Trinajstić information content (AvgIpc) is 3.48. The number of rotatable bonds is 9. The molecule has 4 aromatic rings. The highest BCUT2D eigenvalue weighted by Crippen LogP contribution is 2.47. The van der Waals surface area contributed by atoms with Crippen molar-refractivity contribution < 1.29 is 24.2 Å². The molecule has 3 fully saturated rings. The van der Waals surface area contributed by atoms with E-state index in [2.05, 4.69) is 87.3 Å². The maximum Gasteiger partial charge on any atom is 0.262 e. The second-order valence-electron chi connectivity index (χ2n) is 16.3. The molecule has 9 rings (SSSR count). The average molecular weight is 766 g/mol. The number of nitrogens with one attached hydrogen (secondary N) is 1. The van der Waals surface area contributed by atoms with Crippen molar-refractivity contribution in [2.24, 2.45) is 0 Å². The van der Waals surface area contributed by atoms with Crippen LogP contribution in [0.5, 0.6) is 11.5 Å². The molecule has 294 valence electrons. The number of phenols is 1. The fourth-order valence-corrected chi connectivity index (χ4v) is 9.72. The Bertz CT molecular complexity index is 2160. The van der Waals surface area contributed by atoms with Crippen LogP contribution in [0.1, 0.15) is 86.9 Å². The van der Waals surface area contributed by atoms with E-state index in [9.17, 15) is 19.5 Å². The Balaban J connectivity index is 0.742. The lowest BCUT2D eigenvalue weighted by Crippen LogP contribution is -2.51. The van der Waals surface area contributed by atoms with Gasteiger partial charge in [-0.1, -0.05) is 55.1 Å². The molecule has 1 unspecified atom stereocenters. The molecule has 0 aromatic heterocycles.